The number of aromatic amines is 1. The van der Waals surface area contributed by atoms with Crippen LogP contribution in [-0.2, 0) is 26.0 Å². The highest BCUT2D eigenvalue weighted by molar-refractivity contribution is 7.92. The van der Waals surface area contributed by atoms with Crippen LogP contribution in [0.3, 0.4) is 0 Å². The van der Waals surface area contributed by atoms with E-state index >= 15 is 0 Å². The lowest BCUT2D eigenvalue weighted by atomic mass is 9.99. The molecular weight excluding hydrogens is 548 g/mol. The van der Waals surface area contributed by atoms with Crippen LogP contribution in [0.2, 0.25) is 0 Å². The normalized spacial score (nSPS) is 14.4. The van der Waals surface area contributed by atoms with Crippen molar-refractivity contribution < 1.29 is 17.9 Å². The molecule has 0 spiro atoms. The Labute approximate surface area is 248 Å². The number of hydrogen-bond donors (Lipinski definition) is 2. The molecule has 2 N–H and O–H groups in total. The number of hydrogen-bond acceptors (Lipinski definition) is 5. The number of nitrogens with zero attached hydrogens (tertiary/aromatic N) is 2. The van der Waals surface area contributed by atoms with E-state index in [9.17, 15) is 13.2 Å². The fraction of sp³-hybridized carbons (Fsp3) is 0.364. The Kier molecular flexibility index (Phi) is 9.62. The van der Waals surface area contributed by atoms with Crippen molar-refractivity contribution in [1.82, 2.24) is 15.2 Å². The molecule has 0 atom stereocenters. The highest BCUT2D eigenvalue weighted by atomic mass is 32.2. The second kappa shape index (κ2) is 13.5. The summed E-state index contributed by atoms with van der Waals surface area (Å²) in [5.74, 6) is 0.134. The molecule has 222 valence electrons. The molecule has 8 nitrogen and oxygen atoms in total. The Morgan fingerprint density at radius 3 is 2.38 bits per heavy atom. The van der Waals surface area contributed by atoms with Gasteiger partial charge in [0, 0.05) is 61.3 Å². The summed E-state index contributed by atoms with van der Waals surface area (Å²) in [4.78, 5) is 18.9. The molecule has 0 unspecified atom stereocenters. The molecule has 1 saturated heterocycles. The summed E-state index contributed by atoms with van der Waals surface area (Å²) in [7, 11) is -3.77. The minimum Gasteiger partial charge on any atom is -0.379 e. The zero-order valence-electron chi connectivity index (χ0n) is 24.4. The molecule has 0 aliphatic carbocycles. The second-order valence-corrected chi connectivity index (χ2v) is 13.0. The van der Waals surface area contributed by atoms with Gasteiger partial charge in [0.2, 0.25) is 5.91 Å². The molecular formula is C33H40N4O4S. The van der Waals surface area contributed by atoms with E-state index in [0.29, 0.717) is 31.6 Å². The number of nitrogens with one attached hydrogen (secondary N) is 2. The Hall–Kier alpha value is -3.66. The predicted octanol–water partition coefficient (Wildman–Crippen LogP) is 5.07. The number of rotatable bonds is 12. The molecule has 1 fully saturated rings. The quantitative estimate of drug-likeness (QED) is 0.241. The van der Waals surface area contributed by atoms with Crippen LogP contribution in [0, 0.1) is 5.92 Å². The summed E-state index contributed by atoms with van der Waals surface area (Å²) >= 11 is 0. The Balaban J connectivity index is 1.43. The number of carbonyl (C=O) groups excluding carboxylic acids is 1. The van der Waals surface area contributed by atoms with Crippen molar-refractivity contribution in [2.75, 3.05) is 50.2 Å². The van der Waals surface area contributed by atoms with Gasteiger partial charge in [-0.1, -0.05) is 62.4 Å². The van der Waals surface area contributed by atoms with E-state index in [-0.39, 0.29) is 16.7 Å². The van der Waals surface area contributed by atoms with Crippen LogP contribution in [-0.4, -0.2) is 70.1 Å². The molecule has 5 rings (SSSR count). The molecule has 0 saturated carbocycles. The van der Waals surface area contributed by atoms with Crippen molar-refractivity contribution in [2.24, 2.45) is 5.92 Å². The van der Waals surface area contributed by atoms with Gasteiger partial charge in [-0.3, -0.25) is 14.0 Å². The van der Waals surface area contributed by atoms with Crippen molar-refractivity contribution in [2.45, 2.75) is 31.6 Å². The number of ether oxygens (including phenoxy) is 1. The summed E-state index contributed by atoms with van der Waals surface area (Å²) in [5, 5.41) is 3.99. The van der Waals surface area contributed by atoms with E-state index < -0.39 is 10.0 Å². The summed E-state index contributed by atoms with van der Waals surface area (Å²) in [6.45, 7) is 9.09. The van der Waals surface area contributed by atoms with Gasteiger partial charge >= 0.3 is 0 Å². The van der Waals surface area contributed by atoms with Gasteiger partial charge in [-0.25, -0.2) is 8.42 Å². The van der Waals surface area contributed by atoms with E-state index in [1.807, 2.05) is 68.4 Å². The number of H-pyrrole nitrogens is 1. The first-order valence-corrected chi connectivity index (χ1v) is 16.1. The summed E-state index contributed by atoms with van der Waals surface area (Å²) in [6.07, 6.45) is 0.889. The topological polar surface area (TPSA) is 94.7 Å². The van der Waals surface area contributed by atoms with Crippen molar-refractivity contribution in [1.29, 1.82) is 0 Å². The molecule has 1 aromatic heterocycles. The van der Waals surface area contributed by atoms with Crippen LogP contribution in [0.25, 0.3) is 22.0 Å². The maximum Gasteiger partial charge on any atom is 0.264 e. The van der Waals surface area contributed by atoms with Crippen LogP contribution >= 0.6 is 0 Å². The zero-order valence-corrected chi connectivity index (χ0v) is 25.2. The molecule has 42 heavy (non-hydrogen) atoms. The molecule has 9 heteroatoms. The number of aryl methyl sites for hydroxylation is 1. The van der Waals surface area contributed by atoms with E-state index in [2.05, 4.69) is 15.2 Å². The van der Waals surface area contributed by atoms with Crippen LogP contribution < -0.4 is 9.62 Å². The zero-order chi connectivity index (χ0) is 29.5. The first-order valence-electron chi connectivity index (χ1n) is 14.7. The third-order valence-electron chi connectivity index (χ3n) is 7.53. The fourth-order valence-corrected chi connectivity index (χ4v) is 7.05. The highest BCUT2D eigenvalue weighted by Crippen LogP contribution is 2.36. The molecule has 4 aromatic rings. The van der Waals surface area contributed by atoms with Crippen LogP contribution in [0.1, 0.15) is 26.0 Å². The Morgan fingerprint density at radius 1 is 1.00 bits per heavy atom. The number of amides is 1. The van der Waals surface area contributed by atoms with Crippen molar-refractivity contribution in [3.63, 3.8) is 0 Å². The van der Waals surface area contributed by atoms with Gasteiger partial charge in [0.05, 0.1) is 23.8 Å². The minimum atomic E-state index is -3.77. The fourth-order valence-electron chi connectivity index (χ4n) is 5.41. The van der Waals surface area contributed by atoms with Gasteiger partial charge in [0.15, 0.2) is 0 Å². The number of carbonyl (C=O) groups is 1. The van der Waals surface area contributed by atoms with Gasteiger partial charge in [0.25, 0.3) is 10.0 Å². The number of sulfonamides is 1. The minimum absolute atomic E-state index is 0.0127. The number of aromatic nitrogens is 1. The lowest BCUT2D eigenvalue weighted by molar-refractivity contribution is -0.121. The molecule has 3 aromatic carbocycles. The predicted molar refractivity (Wildman–Crippen MR) is 168 cm³/mol. The first-order chi connectivity index (χ1) is 20.3. The molecule has 1 aliphatic rings. The maximum atomic E-state index is 13.8. The molecule has 2 heterocycles. The summed E-state index contributed by atoms with van der Waals surface area (Å²) in [5.41, 5.74) is 4.49. The van der Waals surface area contributed by atoms with Crippen molar-refractivity contribution in [3.05, 3.63) is 84.6 Å². The van der Waals surface area contributed by atoms with Gasteiger partial charge < -0.3 is 15.0 Å². The number of morpholine rings is 1. The average Bonchev–Trinajstić information content (AvgIpc) is 3.37. The van der Waals surface area contributed by atoms with Gasteiger partial charge in [0.1, 0.15) is 0 Å². The number of benzene rings is 3. The average molecular weight is 589 g/mol. The van der Waals surface area contributed by atoms with E-state index in [1.165, 1.54) is 4.31 Å². The summed E-state index contributed by atoms with van der Waals surface area (Å²) in [6, 6.07) is 24.4. The van der Waals surface area contributed by atoms with E-state index in [4.69, 9.17) is 4.74 Å². The second-order valence-electron chi connectivity index (χ2n) is 11.1. The lowest BCUT2D eigenvalue weighted by Gasteiger charge is -2.26. The van der Waals surface area contributed by atoms with E-state index in [1.54, 1.807) is 24.3 Å². The summed E-state index contributed by atoms with van der Waals surface area (Å²) < 4.78 is 34.5. The molecule has 1 aliphatic heterocycles. The van der Waals surface area contributed by atoms with Crippen LogP contribution in [0.15, 0.2) is 83.8 Å². The number of anilines is 1. The maximum absolute atomic E-state index is 13.8. The van der Waals surface area contributed by atoms with Crippen molar-refractivity contribution >= 4 is 32.5 Å². The smallest absolute Gasteiger partial charge is 0.264 e. The standard InChI is InChI=1S/C33H40N4O4S/c1-25(2)24-37(42(39,40)28-11-7-4-8-12-28)27-13-14-30-29(23-27)33(26-9-5-3-6-10-26)31(35-30)15-16-32(38)34-17-18-36-19-21-41-22-20-36/h3-14,23,25,35H,15-22,24H2,1-2H3,(H,34,38). The highest BCUT2D eigenvalue weighted by Gasteiger charge is 2.26. The van der Waals surface area contributed by atoms with Gasteiger partial charge in [-0.05, 0) is 48.2 Å². The van der Waals surface area contributed by atoms with Crippen LogP contribution in [0.5, 0.6) is 0 Å². The monoisotopic (exact) mass is 588 g/mol. The lowest BCUT2D eigenvalue weighted by Crippen LogP contribution is -2.41. The molecule has 0 bridgehead atoms. The largest absolute Gasteiger partial charge is 0.379 e. The first kappa shape index (κ1) is 29.8. The number of fused-ring (bicyclic) bond motifs is 1. The molecule has 1 amide bonds. The van der Waals surface area contributed by atoms with Gasteiger partial charge in [-0.2, -0.15) is 0 Å². The van der Waals surface area contributed by atoms with E-state index in [0.717, 1.165) is 60.6 Å². The third kappa shape index (κ3) is 7.03. The Morgan fingerprint density at radius 2 is 1.69 bits per heavy atom. The SMILES string of the molecule is CC(C)CN(c1ccc2[nH]c(CCC(=O)NCCN3CCOCC3)c(-c3ccccc3)c2c1)S(=O)(=O)c1ccccc1. The van der Waals surface area contributed by atoms with Crippen molar-refractivity contribution in [3.8, 4) is 11.1 Å². The Bertz CT molecular complexity index is 1580. The van der Waals surface area contributed by atoms with Gasteiger partial charge in [-0.15, -0.1) is 0 Å². The van der Waals surface area contributed by atoms with Crippen LogP contribution in [0.4, 0.5) is 5.69 Å². The third-order valence-corrected chi connectivity index (χ3v) is 9.34. The molecule has 0 radical (unpaired) electrons.